The Kier molecular flexibility index (Phi) is 2.53. The molecule has 0 heterocycles. The molecule has 0 saturated carbocycles. The molecule has 0 unspecified atom stereocenters. The Hall–Kier alpha value is 0.238. The van der Waals surface area contributed by atoms with Crippen LogP contribution in [0.3, 0.4) is 0 Å². The van der Waals surface area contributed by atoms with Crippen LogP contribution in [-0.2, 0) is 7.47 Å². The van der Waals surface area contributed by atoms with Crippen LogP contribution < -0.4 is 0 Å². The van der Waals surface area contributed by atoms with E-state index >= 15 is 0 Å². The Morgan fingerprint density at radius 1 is 1.33 bits per heavy atom. The van der Waals surface area contributed by atoms with Crippen LogP contribution in [0.2, 0.25) is 0 Å². The van der Waals surface area contributed by atoms with Gasteiger partial charge in [-0.3, -0.25) is 0 Å². The summed E-state index contributed by atoms with van der Waals surface area (Å²) >= 11 is -4.85. The predicted octanol–water partition coefficient (Wildman–Crippen LogP) is -0.348. The maximum absolute atomic E-state index is 10.2. The van der Waals surface area contributed by atoms with Gasteiger partial charge in [-0.15, -0.1) is 0 Å². The first kappa shape index (κ1) is 9.24. The number of hydrogen-bond acceptors (Lipinski definition) is 2. The van der Waals surface area contributed by atoms with Crippen molar-refractivity contribution in [3.63, 3.8) is 0 Å². The monoisotopic (exact) mass is 198 g/mol. The predicted molar refractivity (Wildman–Crippen MR) is 31.7 cm³/mol. The van der Waals surface area contributed by atoms with Gasteiger partial charge in [-0.1, -0.05) is 0 Å². The van der Waals surface area contributed by atoms with Crippen molar-refractivity contribution >= 4 is 14.5 Å². The van der Waals surface area contributed by atoms with Crippen molar-refractivity contribution in [3.05, 3.63) is 0 Å². The first-order chi connectivity index (χ1) is 3.71. The van der Waals surface area contributed by atoms with Gasteiger partial charge in [0.2, 0.25) is 0 Å². The molecule has 9 heavy (non-hydrogen) atoms. The van der Waals surface area contributed by atoms with E-state index in [-0.39, 0.29) is 0 Å². The Morgan fingerprint density at radius 2 is 1.67 bits per heavy atom. The Labute approximate surface area is 57.2 Å². The van der Waals surface area contributed by atoms with Gasteiger partial charge in [0, 0.05) is 0 Å². The maximum atomic E-state index is 10.2. The van der Waals surface area contributed by atoms with Crippen LogP contribution in [0.5, 0.6) is 0 Å². The Morgan fingerprint density at radius 3 is 1.67 bits per heavy atom. The zero-order valence-electron chi connectivity index (χ0n) is 5.66. The van der Waals surface area contributed by atoms with Crippen LogP contribution in [0.1, 0.15) is 20.8 Å². The normalized spacial score (nSPS) is 13.9. The second-order valence-corrected chi connectivity index (χ2v) is 5.14. The topological polar surface area (TPSA) is 66.8 Å². The van der Waals surface area contributed by atoms with Crippen LogP contribution in [0, 0.1) is 0 Å². The first-order valence-corrected chi connectivity index (χ1v) is 5.68. The summed E-state index contributed by atoms with van der Waals surface area (Å²) in [5.41, 5.74) is -0.752. The zero-order valence-corrected chi connectivity index (χ0v) is 7.53. The van der Waals surface area contributed by atoms with E-state index in [1.54, 1.807) is 20.8 Å². The Balaban J connectivity index is 3.90. The molecule has 0 aromatic carbocycles. The molecule has 0 atom stereocenters. The molecule has 0 aromatic heterocycles. The van der Waals surface area contributed by atoms with Crippen molar-refractivity contribution < 1.29 is 15.7 Å². The van der Waals surface area contributed by atoms with Gasteiger partial charge in [0.15, 0.2) is 0 Å². The molecule has 0 rings (SSSR count). The van der Waals surface area contributed by atoms with Crippen LogP contribution in [0.4, 0.5) is 0 Å². The molecular weight excluding hydrogens is 187 g/mol. The van der Waals surface area contributed by atoms with E-state index in [0.717, 1.165) is 0 Å². The van der Waals surface area contributed by atoms with Crippen molar-refractivity contribution in [3.8, 4) is 0 Å². The van der Waals surface area contributed by atoms with Crippen molar-refractivity contribution in [2.24, 2.45) is 0 Å². The summed E-state index contributed by atoms with van der Waals surface area (Å²) < 4.78 is 31.1. The summed E-state index contributed by atoms with van der Waals surface area (Å²) in [6.07, 6.45) is 0. The molecule has 0 bridgehead atoms. The molecule has 0 radical (unpaired) electrons. The van der Waals surface area contributed by atoms with Crippen molar-refractivity contribution in [1.82, 2.24) is 0 Å². The molecule has 4 nitrogen and oxygen atoms in total. The summed E-state index contributed by atoms with van der Waals surface area (Å²) in [6, 6.07) is 0. The summed E-state index contributed by atoms with van der Waals surface area (Å²) in [5, 5.41) is 0. The van der Waals surface area contributed by atoms with Crippen molar-refractivity contribution in [1.29, 1.82) is 0 Å². The average Bonchev–Trinajstić information content (AvgIpc) is 1.14. The molecule has 2 N–H and O–H groups in total. The van der Waals surface area contributed by atoms with Gasteiger partial charge in [-0.2, -0.15) is 0 Å². The molecule has 0 saturated heterocycles. The van der Waals surface area contributed by atoms with Gasteiger partial charge >= 0.3 is 56.5 Å². The summed E-state index contributed by atoms with van der Waals surface area (Å²) in [5.74, 6) is 0. The van der Waals surface area contributed by atoms with Gasteiger partial charge in [0.05, 0.1) is 0 Å². The quantitative estimate of drug-likeness (QED) is 0.565. The molecule has 0 amide bonds. The average molecular weight is 198 g/mol. The molecule has 56 valence electrons. The minimum atomic E-state index is -4.85. The third kappa shape index (κ3) is 8.24. The molecule has 0 aliphatic rings. The molecule has 0 spiro atoms. The second kappa shape index (κ2) is 2.46. The van der Waals surface area contributed by atoms with E-state index in [9.17, 15) is 3.74 Å². The molecular formula is C4H11AsO4. The van der Waals surface area contributed by atoms with Crippen LogP contribution in [0.15, 0.2) is 0 Å². The fraction of sp³-hybridized carbons (Fsp3) is 1.00. The first-order valence-electron chi connectivity index (χ1n) is 2.47. The van der Waals surface area contributed by atoms with Crippen molar-refractivity contribution in [2.45, 2.75) is 26.4 Å². The third-order valence-electron chi connectivity index (χ3n) is 0.393. The Bertz CT molecular complexity index is 130. The number of rotatable bonds is 1. The van der Waals surface area contributed by atoms with Gasteiger partial charge in [-0.05, 0) is 0 Å². The molecule has 5 heteroatoms. The van der Waals surface area contributed by atoms with Crippen LogP contribution >= 0.6 is 0 Å². The van der Waals surface area contributed by atoms with E-state index in [4.69, 9.17) is 8.19 Å². The molecule has 0 aromatic rings. The van der Waals surface area contributed by atoms with E-state index in [1.165, 1.54) is 0 Å². The van der Waals surface area contributed by atoms with E-state index < -0.39 is 20.1 Å². The zero-order chi connectivity index (χ0) is 7.71. The second-order valence-electron chi connectivity index (χ2n) is 2.69. The van der Waals surface area contributed by atoms with Crippen molar-refractivity contribution in [2.75, 3.05) is 0 Å². The molecule has 0 aliphatic heterocycles. The summed E-state index contributed by atoms with van der Waals surface area (Å²) in [4.78, 5) is 0. The van der Waals surface area contributed by atoms with Gasteiger partial charge in [0.25, 0.3) is 0 Å². The fourth-order valence-electron chi connectivity index (χ4n) is 0.357. The van der Waals surface area contributed by atoms with Crippen LogP contribution in [0.25, 0.3) is 0 Å². The van der Waals surface area contributed by atoms with E-state index in [2.05, 4.69) is 3.73 Å². The fourth-order valence-corrected chi connectivity index (χ4v) is 1.85. The molecule has 0 fully saturated rings. The van der Waals surface area contributed by atoms with Crippen LogP contribution in [-0.4, -0.2) is 28.3 Å². The molecule has 0 aliphatic carbocycles. The SMILES string of the molecule is CC(C)(C)O[As](=O)(O)O. The van der Waals surface area contributed by atoms with Gasteiger partial charge in [0.1, 0.15) is 0 Å². The summed E-state index contributed by atoms with van der Waals surface area (Å²) in [6.45, 7) is 4.77. The third-order valence-corrected chi connectivity index (χ3v) is 2.04. The van der Waals surface area contributed by atoms with E-state index in [1.807, 2.05) is 0 Å². The van der Waals surface area contributed by atoms with E-state index in [0.29, 0.717) is 0 Å². The number of hydrogen-bond donors (Lipinski definition) is 2. The van der Waals surface area contributed by atoms with Gasteiger partial charge in [-0.25, -0.2) is 0 Å². The standard InChI is InChI=1S/C4H11AsO4/c1-4(2,3)9-5(6,7)8/h1-3H3,(H2,6,7,8). The summed E-state index contributed by atoms with van der Waals surface area (Å²) in [7, 11) is 0. The minimum absolute atomic E-state index is 0.752. The van der Waals surface area contributed by atoms with Gasteiger partial charge < -0.3 is 0 Å².